The van der Waals surface area contributed by atoms with Crippen molar-refractivity contribution >= 4 is 11.9 Å². The van der Waals surface area contributed by atoms with Crippen molar-refractivity contribution in [2.75, 3.05) is 14.2 Å². The van der Waals surface area contributed by atoms with E-state index in [0.29, 0.717) is 6.42 Å². The van der Waals surface area contributed by atoms with E-state index in [2.05, 4.69) is 11.7 Å². The Bertz CT molecular complexity index is 328. The number of rotatable bonds is 17. The molecular formula is C21H40O4. The second kappa shape index (κ2) is 17.8. The number of hydrogen-bond donors (Lipinski definition) is 0. The summed E-state index contributed by atoms with van der Waals surface area (Å²) in [5.41, 5.74) is 0. The minimum absolute atomic E-state index is 0.0258. The maximum atomic E-state index is 11.9. The molecule has 0 saturated heterocycles. The Morgan fingerprint density at radius 2 is 1.16 bits per heavy atom. The Hall–Kier alpha value is -1.06. The molecule has 4 heteroatoms. The third-order valence-corrected chi connectivity index (χ3v) is 4.85. The molecule has 1 unspecified atom stereocenters. The Morgan fingerprint density at radius 1 is 0.680 bits per heavy atom. The molecule has 0 aliphatic rings. The van der Waals surface area contributed by atoms with Crippen molar-refractivity contribution < 1.29 is 19.1 Å². The number of carbonyl (C=O) groups excluding carboxylic acids is 2. The van der Waals surface area contributed by atoms with Crippen LogP contribution in [0.25, 0.3) is 0 Å². The molecule has 0 radical (unpaired) electrons. The van der Waals surface area contributed by atoms with E-state index in [-0.39, 0.29) is 17.9 Å². The molecule has 148 valence electrons. The number of ether oxygens (including phenoxy) is 2. The van der Waals surface area contributed by atoms with E-state index in [0.717, 1.165) is 38.5 Å². The largest absolute Gasteiger partial charge is 0.469 e. The Morgan fingerprint density at radius 3 is 1.64 bits per heavy atom. The van der Waals surface area contributed by atoms with Crippen LogP contribution in [0.2, 0.25) is 0 Å². The number of esters is 2. The molecule has 0 aromatic rings. The fourth-order valence-electron chi connectivity index (χ4n) is 3.19. The van der Waals surface area contributed by atoms with Gasteiger partial charge in [0, 0.05) is 6.42 Å². The molecule has 0 aromatic heterocycles. The maximum absolute atomic E-state index is 11.9. The van der Waals surface area contributed by atoms with E-state index in [9.17, 15) is 9.59 Å². The molecular weight excluding hydrogens is 316 g/mol. The summed E-state index contributed by atoms with van der Waals surface area (Å²) >= 11 is 0. The summed E-state index contributed by atoms with van der Waals surface area (Å²) in [5.74, 6) is -0.0304. The van der Waals surface area contributed by atoms with Gasteiger partial charge in [0.05, 0.1) is 20.1 Å². The average Bonchev–Trinajstić information content (AvgIpc) is 2.63. The summed E-state index contributed by atoms with van der Waals surface area (Å²) in [7, 11) is 2.94. The quantitative estimate of drug-likeness (QED) is 0.243. The third-order valence-electron chi connectivity index (χ3n) is 4.85. The molecule has 1 atom stereocenters. The summed E-state index contributed by atoms with van der Waals surface area (Å²) in [4.78, 5) is 22.8. The van der Waals surface area contributed by atoms with Gasteiger partial charge in [0.25, 0.3) is 0 Å². The van der Waals surface area contributed by atoms with Gasteiger partial charge in [-0.2, -0.15) is 0 Å². The van der Waals surface area contributed by atoms with Crippen molar-refractivity contribution in [3.63, 3.8) is 0 Å². The Kier molecular flexibility index (Phi) is 17.0. The van der Waals surface area contributed by atoms with Crippen molar-refractivity contribution in [2.45, 2.75) is 103 Å². The van der Waals surface area contributed by atoms with E-state index in [1.807, 2.05) is 0 Å². The zero-order valence-corrected chi connectivity index (χ0v) is 16.8. The molecule has 0 bridgehead atoms. The number of hydrogen-bond acceptors (Lipinski definition) is 4. The van der Waals surface area contributed by atoms with Gasteiger partial charge in [0.15, 0.2) is 0 Å². The van der Waals surface area contributed by atoms with Crippen molar-refractivity contribution in [2.24, 2.45) is 5.92 Å². The zero-order chi connectivity index (χ0) is 18.8. The fourth-order valence-corrected chi connectivity index (χ4v) is 3.19. The van der Waals surface area contributed by atoms with Crippen molar-refractivity contribution in [1.29, 1.82) is 0 Å². The van der Waals surface area contributed by atoms with Gasteiger partial charge in [-0.1, -0.05) is 77.6 Å². The Labute approximate surface area is 155 Å². The summed E-state index contributed by atoms with van der Waals surface area (Å²) < 4.78 is 9.59. The first-order valence-electron chi connectivity index (χ1n) is 10.3. The molecule has 0 saturated carbocycles. The van der Waals surface area contributed by atoms with Gasteiger partial charge in [-0.05, 0) is 19.3 Å². The second-order valence-electron chi connectivity index (χ2n) is 7.01. The molecule has 25 heavy (non-hydrogen) atoms. The fraction of sp³-hybridized carbons (Fsp3) is 0.905. The molecule has 0 aromatic carbocycles. The van der Waals surface area contributed by atoms with Gasteiger partial charge < -0.3 is 9.47 Å². The van der Waals surface area contributed by atoms with Crippen LogP contribution in [0.4, 0.5) is 0 Å². The first-order valence-corrected chi connectivity index (χ1v) is 10.3. The van der Waals surface area contributed by atoms with Crippen molar-refractivity contribution in [3.05, 3.63) is 0 Å². The van der Waals surface area contributed by atoms with E-state index < -0.39 is 0 Å². The summed E-state index contributed by atoms with van der Waals surface area (Å²) in [5, 5.41) is 0. The van der Waals surface area contributed by atoms with Gasteiger partial charge in [0.2, 0.25) is 0 Å². The lowest BCUT2D eigenvalue weighted by molar-refractivity contribution is -0.146. The predicted octanol–water partition coefficient (Wildman–Crippen LogP) is 5.82. The minimum atomic E-state index is -0.102. The Balaban J connectivity index is 3.57. The summed E-state index contributed by atoms with van der Waals surface area (Å²) in [6.45, 7) is 2.21. The number of carbonyl (C=O) groups is 2. The zero-order valence-electron chi connectivity index (χ0n) is 16.8. The van der Waals surface area contributed by atoms with Gasteiger partial charge >= 0.3 is 11.9 Å². The highest BCUT2D eigenvalue weighted by atomic mass is 16.5. The monoisotopic (exact) mass is 356 g/mol. The van der Waals surface area contributed by atoms with Crippen molar-refractivity contribution in [1.82, 2.24) is 0 Å². The number of unbranched alkanes of at least 4 members (excludes halogenated alkanes) is 10. The molecule has 0 amide bonds. The van der Waals surface area contributed by atoms with Gasteiger partial charge in [-0.15, -0.1) is 0 Å². The molecule has 0 heterocycles. The first-order chi connectivity index (χ1) is 12.2. The standard InChI is InChI=1S/C21H40O4/c1-4-5-6-13-16-19(21(23)25-3)17-14-11-9-7-8-10-12-15-18-20(22)24-2/h19H,4-18H2,1-3H3. The van der Waals surface area contributed by atoms with Crippen LogP contribution in [-0.2, 0) is 19.1 Å². The predicted molar refractivity (Wildman–Crippen MR) is 102 cm³/mol. The van der Waals surface area contributed by atoms with Gasteiger partial charge in [-0.25, -0.2) is 0 Å². The SMILES string of the molecule is CCCCCCC(CCCCCCCCCCC(=O)OC)C(=O)OC. The van der Waals surface area contributed by atoms with Crippen molar-refractivity contribution in [3.8, 4) is 0 Å². The van der Waals surface area contributed by atoms with Crippen LogP contribution >= 0.6 is 0 Å². The van der Waals surface area contributed by atoms with Crippen LogP contribution in [-0.4, -0.2) is 26.2 Å². The van der Waals surface area contributed by atoms with Gasteiger partial charge in [0.1, 0.15) is 0 Å². The third kappa shape index (κ3) is 14.9. The topological polar surface area (TPSA) is 52.6 Å². The molecule has 0 aliphatic heterocycles. The first kappa shape index (κ1) is 23.9. The maximum Gasteiger partial charge on any atom is 0.308 e. The highest BCUT2D eigenvalue weighted by Crippen LogP contribution is 2.20. The molecule has 0 fully saturated rings. The molecule has 0 rings (SSSR count). The highest BCUT2D eigenvalue weighted by molar-refractivity contribution is 5.72. The average molecular weight is 357 g/mol. The van der Waals surface area contributed by atoms with E-state index in [4.69, 9.17) is 4.74 Å². The van der Waals surface area contributed by atoms with Crippen LogP contribution in [0.1, 0.15) is 103 Å². The van der Waals surface area contributed by atoms with Crippen LogP contribution in [0, 0.1) is 5.92 Å². The van der Waals surface area contributed by atoms with E-state index in [1.165, 1.54) is 65.6 Å². The minimum Gasteiger partial charge on any atom is -0.469 e. The lowest BCUT2D eigenvalue weighted by Gasteiger charge is -2.14. The smallest absolute Gasteiger partial charge is 0.308 e. The molecule has 0 spiro atoms. The normalized spacial score (nSPS) is 12.0. The second-order valence-corrected chi connectivity index (χ2v) is 7.01. The molecule has 0 aliphatic carbocycles. The number of methoxy groups -OCH3 is 2. The molecule has 0 N–H and O–H groups in total. The van der Waals surface area contributed by atoms with E-state index >= 15 is 0 Å². The van der Waals surface area contributed by atoms with Crippen LogP contribution in [0.15, 0.2) is 0 Å². The lowest BCUT2D eigenvalue weighted by atomic mass is 9.94. The van der Waals surface area contributed by atoms with E-state index in [1.54, 1.807) is 0 Å². The van der Waals surface area contributed by atoms with Gasteiger partial charge in [-0.3, -0.25) is 9.59 Å². The van der Waals surface area contributed by atoms with Crippen LogP contribution in [0.5, 0.6) is 0 Å². The lowest BCUT2D eigenvalue weighted by Crippen LogP contribution is -2.16. The van der Waals surface area contributed by atoms with Crippen LogP contribution < -0.4 is 0 Å². The highest BCUT2D eigenvalue weighted by Gasteiger charge is 2.17. The van der Waals surface area contributed by atoms with Crippen LogP contribution in [0.3, 0.4) is 0 Å². The summed E-state index contributed by atoms with van der Waals surface area (Å²) in [6, 6.07) is 0. The molecule has 4 nitrogen and oxygen atoms in total. The summed E-state index contributed by atoms with van der Waals surface area (Å²) in [6.07, 6.45) is 16.6.